The SMILES string of the molecule is CC(CCl)(NC(=O)c1ccc(F)cc1Cl)c1ccccc1. The first-order valence-electron chi connectivity index (χ1n) is 6.35. The number of amides is 1. The van der Waals surface area contributed by atoms with Crippen LogP contribution < -0.4 is 5.32 Å². The number of alkyl halides is 1. The smallest absolute Gasteiger partial charge is 0.253 e. The number of rotatable bonds is 4. The predicted molar refractivity (Wildman–Crippen MR) is 83.4 cm³/mol. The highest BCUT2D eigenvalue weighted by molar-refractivity contribution is 6.33. The summed E-state index contributed by atoms with van der Waals surface area (Å²) in [5.74, 6) is -0.687. The highest BCUT2D eigenvalue weighted by Crippen LogP contribution is 2.24. The highest BCUT2D eigenvalue weighted by atomic mass is 35.5. The van der Waals surface area contributed by atoms with Crippen LogP contribution in [0.1, 0.15) is 22.8 Å². The van der Waals surface area contributed by atoms with E-state index in [1.165, 1.54) is 12.1 Å². The largest absolute Gasteiger partial charge is 0.342 e. The lowest BCUT2D eigenvalue weighted by atomic mass is 9.93. The van der Waals surface area contributed by atoms with E-state index in [1.54, 1.807) is 0 Å². The van der Waals surface area contributed by atoms with Crippen molar-refractivity contribution in [2.75, 3.05) is 5.88 Å². The van der Waals surface area contributed by atoms with E-state index in [2.05, 4.69) is 5.32 Å². The van der Waals surface area contributed by atoms with Gasteiger partial charge < -0.3 is 5.32 Å². The second-order valence-corrected chi connectivity index (χ2v) is 5.58. The van der Waals surface area contributed by atoms with Gasteiger partial charge in [-0.15, -0.1) is 11.6 Å². The van der Waals surface area contributed by atoms with Crippen LogP contribution in [0.4, 0.5) is 4.39 Å². The molecule has 0 aliphatic carbocycles. The fraction of sp³-hybridized carbons (Fsp3) is 0.188. The van der Waals surface area contributed by atoms with Crippen molar-refractivity contribution in [3.63, 3.8) is 0 Å². The molecule has 0 saturated heterocycles. The Morgan fingerprint density at radius 3 is 2.48 bits per heavy atom. The molecule has 0 bridgehead atoms. The molecular formula is C16H14Cl2FNO. The van der Waals surface area contributed by atoms with Gasteiger partial charge in [-0.2, -0.15) is 0 Å². The van der Waals surface area contributed by atoms with E-state index < -0.39 is 17.3 Å². The fourth-order valence-corrected chi connectivity index (χ4v) is 2.45. The molecular weight excluding hydrogens is 312 g/mol. The minimum atomic E-state index is -0.738. The van der Waals surface area contributed by atoms with Gasteiger partial charge in [-0.05, 0) is 30.7 Å². The van der Waals surface area contributed by atoms with Gasteiger partial charge in [-0.3, -0.25) is 4.79 Å². The topological polar surface area (TPSA) is 29.1 Å². The van der Waals surface area contributed by atoms with Crippen molar-refractivity contribution in [3.05, 3.63) is 70.5 Å². The Labute approximate surface area is 132 Å². The van der Waals surface area contributed by atoms with Crippen molar-refractivity contribution in [1.29, 1.82) is 0 Å². The van der Waals surface area contributed by atoms with Crippen LogP contribution in [0, 0.1) is 5.82 Å². The molecule has 0 aliphatic rings. The maximum Gasteiger partial charge on any atom is 0.253 e. The molecule has 1 amide bonds. The Kier molecular flexibility index (Phi) is 4.86. The molecule has 2 aromatic carbocycles. The van der Waals surface area contributed by atoms with Crippen LogP contribution in [0.25, 0.3) is 0 Å². The summed E-state index contributed by atoms with van der Waals surface area (Å²) in [7, 11) is 0. The van der Waals surface area contributed by atoms with E-state index in [0.717, 1.165) is 11.6 Å². The molecule has 0 spiro atoms. The number of carbonyl (C=O) groups is 1. The molecule has 1 atom stereocenters. The average molecular weight is 326 g/mol. The predicted octanol–water partition coefficient (Wildman–Crippen LogP) is 4.36. The number of nitrogens with one attached hydrogen (secondary N) is 1. The zero-order valence-electron chi connectivity index (χ0n) is 11.4. The van der Waals surface area contributed by atoms with Crippen molar-refractivity contribution in [2.24, 2.45) is 0 Å². The summed E-state index contributed by atoms with van der Waals surface area (Å²) in [6, 6.07) is 13.1. The van der Waals surface area contributed by atoms with Gasteiger partial charge in [-0.25, -0.2) is 4.39 Å². The average Bonchev–Trinajstić information content (AvgIpc) is 2.47. The molecule has 5 heteroatoms. The Morgan fingerprint density at radius 2 is 1.90 bits per heavy atom. The molecule has 2 rings (SSSR count). The van der Waals surface area contributed by atoms with Gasteiger partial charge in [0.2, 0.25) is 0 Å². The van der Waals surface area contributed by atoms with Gasteiger partial charge in [0, 0.05) is 5.88 Å². The fourth-order valence-electron chi connectivity index (χ4n) is 1.98. The first-order valence-corrected chi connectivity index (χ1v) is 7.26. The number of carbonyl (C=O) groups excluding carboxylic acids is 1. The maximum atomic E-state index is 13.0. The summed E-state index contributed by atoms with van der Waals surface area (Å²) in [6.07, 6.45) is 0. The molecule has 2 nitrogen and oxygen atoms in total. The van der Waals surface area contributed by atoms with Gasteiger partial charge in [0.05, 0.1) is 16.1 Å². The molecule has 0 aromatic heterocycles. The first kappa shape index (κ1) is 15.8. The Balaban J connectivity index is 2.28. The standard InChI is InChI=1S/C16H14Cl2FNO/c1-16(10-17,11-5-3-2-4-6-11)20-15(21)13-8-7-12(19)9-14(13)18/h2-9H,10H2,1H3,(H,20,21). The Bertz CT molecular complexity index is 648. The summed E-state index contributed by atoms with van der Waals surface area (Å²) in [5, 5.41) is 2.93. The van der Waals surface area contributed by atoms with Crippen LogP contribution in [0.15, 0.2) is 48.5 Å². The number of halogens is 3. The molecule has 21 heavy (non-hydrogen) atoms. The molecule has 0 fully saturated rings. The molecule has 0 heterocycles. The van der Waals surface area contributed by atoms with E-state index in [-0.39, 0.29) is 16.5 Å². The highest BCUT2D eigenvalue weighted by Gasteiger charge is 2.28. The summed E-state index contributed by atoms with van der Waals surface area (Å²) < 4.78 is 13.0. The Hall–Kier alpha value is -1.58. The quantitative estimate of drug-likeness (QED) is 0.831. The summed E-state index contributed by atoms with van der Waals surface area (Å²) in [6.45, 7) is 1.82. The molecule has 2 aromatic rings. The number of hydrogen-bond acceptors (Lipinski definition) is 1. The molecule has 0 aliphatic heterocycles. The molecule has 0 saturated carbocycles. The van der Waals surface area contributed by atoms with Gasteiger partial charge in [0.15, 0.2) is 0 Å². The number of hydrogen-bond donors (Lipinski definition) is 1. The van der Waals surface area contributed by atoms with Gasteiger partial charge >= 0.3 is 0 Å². The maximum absolute atomic E-state index is 13.0. The van der Waals surface area contributed by atoms with Crippen molar-refractivity contribution in [2.45, 2.75) is 12.5 Å². The van der Waals surface area contributed by atoms with E-state index in [0.29, 0.717) is 0 Å². The second-order valence-electron chi connectivity index (χ2n) is 4.91. The minimum Gasteiger partial charge on any atom is -0.342 e. The van der Waals surface area contributed by atoms with Crippen molar-refractivity contribution in [1.82, 2.24) is 5.32 Å². The Morgan fingerprint density at radius 1 is 1.24 bits per heavy atom. The third kappa shape index (κ3) is 3.55. The molecule has 0 radical (unpaired) electrons. The van der Waals surface area contributed by atoms with E-state index in [9.17, 15) is 9.18 Å². The monoisotopic (exact) mass is 325 g/mol. The van der Waals surface area contributed by atoms with Crippen LogP contribution in [0.3, 0.4) is 0 Å². The van der Waals surface area contributed by atoms with Crippen LogP contribution in [0.2, 0.25) is 5.02 Å². The number of benzene rings is 2. The lowest BCUT2D eigenvalue weighted by Gasteiger charge is -2.29. The zero-order valence-corrected chi connectivity index (χ0v) is 12.9. The lowest BCUT2D eigenvalue weighted by molar-refractivity contribution is 0.0913. The lowest BCUT2D eigenvalue weighted by Crippen LogP contribution is -2.45. The van der Waals surface area contributed by atoms with E-state index >= 15 is 0 Å². The van der Waals surface area contributed by atoms with Crippen LogP contribution in [0.5, 0.6) is 0 Å². The summed E-state index contributed by atoms with van der Waals surface area (Å²) in [5.41, 5.74) is 0.356. The third-order valence-electron chi connectivity index (χ3n) is 3.24. The van der Waals surface area contributed by atoms with Gasteiger partial charge in [0.1, 0.15) is 5.82 Å². The van der Waals surface area contributed by atoms with Gasteiger partial charge in [-0.1, -0.05) is 41.9 Å². The normalized spacial score (nSPS) is 13.5. The molecule has 1 N–H and O–H groups in total. The summed E-state index contributed by atoms with van der Waals surface area (Å²) >= 11 is 11.9. The van der Waals surface area contributed by atoms with Gasteiger partial charge in [0.25, 0.3) is 5.91 Å². The van der Waals surface area contributed by atoms with Crippen LogP contribution in [-0.2, 0) is 5.54 Å². The van der Waals surface area contributed by atoms with Crippen molar-refractivity contribution >= 4 is 29.1 Å². The van der Waals surface area contributed by atoms with Crippen molar-refractivity contribution < 1.29 is 9.18 Å². The third-order valence-corrected chi connectivity index (χ3v) is 4.09. The summed E-state index contributed by atoms with van der Waals surface area (Å²) in [4.78, 5) is 12.3. The minimum absolute atomic E-state index is 0.0671. The van der Waals surface area contributed by atoms with Crippen LogP contribution >= 0.6 is 23.2 Å². The van der Waals surface area contributed by atoms with E-state index in [4.69, 9.17) is 23.2 Å². The second kappa shape index (κ2) is 6.46. The van der Waals surface area contributed by atoms with E-state index in [1.807, 2.05) is 37.3 Å². The zero-order chi connectivity index (χ0) is 15.5. The van der Waals surface area contributed by atoms with Crippen molar-refractivity contribution in [3.8, 4) is 0 Å². The first-order chi connectivity index (χ1) is 9.96. The molecule has 110 valence electrons. The van der Waals surface area contributed by atoms with Crippen LogP contribution in [-0.4, -0.2) is 11.8 Å². The molecule has 1 unspecified atom stereocenters.